The van der Waals surface area contributed by atoms with Crippen molar-refractivity contribution in [3.8, 4) is 17.1 Å². The average molecular weight is 373 g/mol. The van der Waals surface area contributed by atoms with Crippen LogP contribution in [0.1, 0.15) is 24.2 Å². The summed E-state index contributed by atoms with van der Waals surface area (Å²) in [7, 11) is 0. The first kappa shape index (κ1) is 18.3. The molecule has 0 atom stereocenters. The first-order valence-electron chi connectivity index (χ1n) is 9.50. The summed E-state index contributed by atoms with van der Waals surface area (Å²) < 4.78 is 1.79. The molecule has 0 amide bonds. The fraction of sp³-hybridized carbons (Fsp3) is 0.227. The Hall–Kier alpha value is -3.09. The average Bonchev–Trinajstić information content (AvgIpc) is 3.17. The molecule has 6 nitrogen and oxygen atoms in total. The van der Waals surface area contributed by atoms with Gasteiger partial charge in [-0.25, -0.2) is 9.67 Å². The molecule has 0 saturated heterocycles. The summed E-state index contributed by atoms with van der Waals surface area (Å²) >= 11 is 0. The third-order valence-corrected chi connectivity index (χ3v) is 4.73. The second-order valence-corrected chi connectivity index (χ2v) is 6.74. The van der Waals surface area contributed by atoms with E-state index in [2.05, 4.69) is 28.3 Å². The molecule has 6 heteroatoms. The van der Waals surface area contributed by atoms with E-state index < -0.39 is 0 Å². The number of fused-ring (bicyclic) bond motifs is 1. The summed E-state index contributed by atoms with van der Waals surface area (Å²) in [4.78, 5) is 9.28. The van der Waals surface area contributed by atoms with Gasteiger partial charge in [-0.2, -0.15) is 5.10 Å². The van der Waals surface area contributed by atoms with Gasteiger partial charge in [0.15, 0.2) is 5.82 Å². The minimum absolute atomic E-state index is 0.0981. The highest BCUT2D eigenvalue weighted by Crippen LogP contribution is 2.25. The van der Waals surface area contributed by atoms with Crippen LogP contribution in [0.4, 0.5) is 0 Å². The van der Waals surface area contributed by atoms with Crippen molar-refractivity contribution >= 4 is 10.9 Å². The Labute approximate surface area is 163 Å². The van der Waals surface area contributed by atoms with Gasteiger partial charge in [-0.3, -0.25) is 4.98 Å². The number of aliphatic hydroxyl groups is 1. The van der Waals surface area contributed by atoms with E-state index in [1.807, 2.05) is 36.5 Å². The molecule has 3 heterocycles. The number of aliphatic hydroxyl groups excluding tert-OH is 1. The van der Waals surface area contributed by atoms with E-state index in [0.29, 0.717) is 18.1 Å². The molecule has 0 radical (unpaired) electrons. The summed E-state index contributed by atoms with van der Waals surface area (Å²) in [5.74, 6) is 0.683. The summed E-state index contributed by atoms with van der Waals surface area (Å²) in [6.07, 6.45) is 4.81. The SMILES string of the molecule is NCCCCc1cccc(-c2ccc3cnn(-c4cccc(CO)n4)c3c2)n1. The molecule has 1 aromatic carbocycles. The third-order valence-electron chi connectivity index (χ3n) is 4.73. The predicted molar refractivity (Wildman–Crippen MR) is 110 cm³/mol. The lowest BCUT2D eigenvalue weighted by molar-refractivity contribution is 0.276. The van der Waals surface area contributed by atoms with Crippen molar-refractivity contribution in [2.24, 2.45) is 5.73 Å². The largest absolute Gasteiger partial charge is 0.390 e. The number of rotatable bonds is 7. The molecule has 4 aromatic rings. The number of nitrogens with two attached hydrogens (primary N) is 1. The van der Waals surface area contributed by atoms with Gasteiger partial charge in [-0.05, 0) is 56.1 Å². The molecule has 0 bridgehead atoms. The van der Waals surface area contributed by atoms with Gasteiger partial charge in [0.25, 0.3) is 0 Å². The Morgan fingerprint density at radius 2 is 1.79 bits per heavy atom. The minimum Gasteiger partial charge on any atom is -0.390 e. The van der Waals surface area contributed by atoms with Crippen LogP contribution in [0.3, 0.4) is 0 Å². The molecule has 0 saturated carbocycles. The maximum Gasteiger partial charge on any atom is 0.154 e. The number of benzene rings is 1. The molecule has 0 aliphatic heterocycles. The van der Waals surface area contributed by atoms with Gasteiger partial charge in [0.05, 0.1) is 29.7 Å². The molecular weight excluding hydrogens is 350 g/mol. The molecule has 28 heavy (non-hydrogen) atoms. The van der Waals surface area contributed by atoms with E-state index in [0.717, 1.165) is 47.1 Å². The maximum atomic E-state index is 9.36. The van der Waals surface area contributed by atoms with Crippen LogP contribution in [0, 0.1) is 0 Å². The van der Waals surface area contributed by atoms with Crippen LogP contribution in [-0.4, -0.2) is 31.4 Å². The van der Waals surface area contributed by atoms with Crippen LogP contribution < -0.4 is 5.73 Å². The fourth-order valence-corrected chi connectivity index (χ4v) is 3.26. The van der Waals surface area contributed by atoms with E-state index in [1.165, 1.54) is 0 Å². The molecule has 0 aliphatic carbocycles. The first-order valence-corrected chi connectivity index (χ1v) is 9.50. The van der Waals surface area contributed by atoms with Crippen molar-refractivity contribution in [1.29, 1.82) is 0 Å². The lowest BCUT2D eigenvalue weighted by atomic mass is 10.1. The summed E-state index contributed by atoms with van der Waals surface area (Å²) in [6, 6.07) is 17.9. The Bertz CT molecular complexity index is 1090. The van der Waals surface area contributed by atoms with Gasteiger partial charge < -0.3 is 10.8 Å². The number of hydrogen-bond donors (Lipinski definition) is 2. The van der Waals surface area contributed by atoms with Crippen LogP contribution in [-0.2, 0) is 13.0 Å². The zero-order valence-electron chi connectivity index (χ0n) is 15.6. The van der Waals surface area contributed by atoms with E-state index in [-0.39, 0.29) is 6.61 Å². The predicted octanol–water partition coefficient (Wildman–Crippen LogP) is 3.26. The van der Waals surface area contributed by atoms with E-state index >= 15 is 0 Å². The minimum atomic E-state index is -0.0981. The Morgan fingerprint density at radius 1 is 0.929 bits per heavy atom. The van der Waals surface area contributed by atoms with Gasteiger partial charge in [0, 0.05) is 16.6 Å². The molecule has 0 aliphatic rings. The number of aryl methyl sites for hydroxylation is 1. The monoisotopic (exact) mass is 373 g/mol. The summed E-state index contributed by atoms with van der Waals surface area (Å²) in [6.45, 7) is 0.616. The summed E-state index contributed by atoms with van der Waals surface area (Å²) in [5, 5.41) is 14.9. The number of aromatic nitrogens is 4. The standard InChI is InChI=1S/C22H23N5O/c23-12-2-1-5-18-6-3-8-20(25-18)16-10-11-17-14-24-27(21(17)13-16)22-9-4-7-19(15-28)26-22/h3-4,6-11,13-14,28H,1-2,5,12,15,23H2. The van der Waals surface area contributed by atoms with Crippen LogP contribution in [0.2, 0.25) is 0 Å². The number of hydrogen-bond acceptors (Lipinski definition) is 5. The summed E-state index contributed by atoms with van der Waals surface area (Å²) in [5.41, 5.74) is 10.2. The quantitative estimate of drug-likeness (QED) is 0.485. The van der Waals surface area contributed by atoms with E-state index in [9.17, 15) is 5.11 Å². The van der Waals surface area contributed by atoms with Crippen LogP contribution in [0.15, 0.2) is 60.8 Å². The topological polar surface area (TPSA) is 89.8 Å². The number of pyridine rings is 2. The van der Waals surface area contributed by atoms with Crippen molar-refractivity contribution in [3.05, 3.63) is 72.2 Å². The highest BCUT2D eigenvalue weighted by molar-refractivity contribution is 5.84. The zero-order valence-corrected chi connectivity index (χ0v) is 15.6. The number of nitrogens with zero attached hydrogens (tertiary/aromatic N) is 4. The smallest absolute Gasteiger partial charge is 0.154 e. The highest BCUT2D eigenvalue weighted by Gasteiger charge is 2.09. The normalized spacial score (nSPS) is 11.2. The molecule has 0 spiro atoms. The molecule has 3 aromatic heterocycles. The Morgan fingerprint density at radius 3 is 2.64 bits per heavy atom. The molecule has 0 unspecified atom stereocenters. The van der Waals surface area contributed by atoms with Crippen molar-refractivity contribution in [3.63, 3.8) is 0 Å². The van der Waals surface area contributed by atoms with Crippen molar-refractivity contribution in [2.45, 2.75) is 25.9 Å². The Balaban J connectivity index is 1.71. The highest BCUT2D eigenvalue weighted by atomic mass is 16.3. The van der Waals surface area contributed by atoms with Crippen LogP contribution >= 0.6 is 0 Å². The van der Waals surface area contributed by atoms with Crippen molar-refractivity contribution < 1.29 is 5.11 Å². The van der Waals surface area contributed by atoms with Gasteiger partial charge in [0.1, 0.15) is 0 Å². The maximum absolute atomic E-state index is 9.36. The lowest BCUT2D eigenvalue weighted by Crippen LogP contribution is -2.02. The fourth-order valence-electron chi connectivity index (χ4n) is 3.26. The molecule has 3 N–H and O–H groups in total. The zero-order chi connectivity index (χ0) is 19.3. The third kappa shape index (κ3) is 3.78. The lowest BCUT2D eigenvalue weighted by Gasteiger charge is -2.07. The van der Waals surface area contributed by atoms with E-state index in [1.54, 1.807) is 10.7 Å². The molecular formula is C22H23N5O. The van der Waals surface area contributed by atoms with Gasteiger partial charge >= 0.3 is 0 Å². The first-order chi connectivity index (χ1) is 13.8. The van der Waals surface area contributed by atoms with Gasteiger partial charge in [-0.1, -0.05) is 24.3 Å². The van der Waals surface area contributed by atoms with Gasteiger partial charge in [0.2, 0.25) is 0 Å². The second kappa shape index (κ2) is 8.29. The van der Waals surface area contributed by atoms with Crippen LogP contribution in [0.5, 0.6) is 0 Å². The molecule has 4 rings (SSSR count). The van der Waals surface area contributed by atoms with Crippen molar-refractivity contribution in [1.82, 2.24) is 19.7 Å². The van der Waals surface area contributed by atoms with Gasteiger partial charge in [-0.15, -0.1) is 0 Å². The molecule has 142 valence electrons. The molecule has 0 fully saturated rings. The number of unbranched alkanes of at least 4 members (excludes halogenated alkanes) is 1. The van der Waals surface area contributed by atoms with Crippen LogP contribution in [0.25, 0.3) is 28.0 Å². The van der Waals surface area contributed by atoms with Crippen molar-refractivity contribution in [2.75, 3.05) is 6.54 Å². The Kier molecular flexibility index (Phi) is 5.41. The van der Waals surface area contributed by atoms with E-state index in [4.69, 9.17) is 10.7 Å². The second-order valence-electron chi connectivity index (χ2n) is 6.74.